The van der Waals surface area contributed by atoms with Gasteiger partial charge in [0.2, 0.25) is 0 Å². The van der Waals surface area contributed by atoms with Crippen LogP contribution in [0.25, 0.3) is 0 Å². The summed E-state index contributed by atoms with van der Waals surface area (Å²) in [5.41, 5.74) is 10.3. The van der Waals surface area contributed by atoms with Crippen molar-refractivity contribution in [3.05, 3.63) is 46.8 Å². The molecule has 102 valence electrons. The molecule has 0 aliphatic heterocycles. The summed E-state index contributed by atoms with van der Waals surface area (Å²) in [7, 11) is 0. The molecule has 0 bridgehead atoms. The largest absolute Gasteiger partial charge is 0.488 e. The minimum atomic E-state index is 0.169. The minimum absolute atomic E-state index is 0.169. The lowest BCUT2D eigenvalue weighted by molar-refractivity contribution is 0.300. The molecule has 19 heavy (non-hydrogen) atoms. The van der Waals surface area contributed by atoms with Crippen LogP contribution in [0.1, 0.15) is 29.2 Å². The molecule has 1 aromatic carbocycles. The Morgan fingerprint density at radius 1 is 1.26 bits per heavy atom. The van der Waals surface area contributed by atoms with Crippen LogP contribution in [-0.2, 0) is 13.0 Å². The zero-order valence-electron chi connectivity index (χ0n) is 11.6. The van der Waals surface area contributed by atoms with Crippen LogP contribution in [-0.4, -0.2) is 11.2 Å². The Morgan fingerprint density at radius 2 is 1.95 bits per heavy atom. The maximum Gasteiger partial charge on any atom is 0.130 e. The molecule has 0 fully saturated rings. The third-order valence-electron chi connectivity index (χ3n) is 2.94. The summed E-state index contributed by atoms with van der Waals surface area (Å²) in [5, 5.41) is 3.66. The van der Waals surface area contributed by atoms with Gasteiger partial charge in [0.1, 0.15) is 18.6 Å². The van der Waals surface area contributed by atoms with E-state index in [4.69, 9.17) is 15.0 Å². The molecule has 1 unspecified atom stereocenters. The van der Waals surface area contributed by atoms with E-state index in [1.165, 1.54) is 5.56 Å². The van der Waals surface area contributed by atoms with Gasteiger partial charge in [0.15, 0.2) is 0 Å². The number of benzene rings is 1. The number of aryl methyl sites for hydroxylation is 2. The highest BCUT2D eigenvalue weighted by atomic mass is 16.5. The van der Waals surface area contributed by atoms with Crippen molar-refractivity contribution in [2.75, 3.05) is 0 Å². The van der Waals surface area contributed by atoms with E-state index in [0.29, 0.717) is 6.61 Å². The van der Waals surface area contributed by atoms with Gasteiger partial charge in [0, 0.05) is 11.6 Å². The first-order chi connectivity index (χ1) is 9.06. The van der Waals surface area contributed by atoms with E-state index < -0.39 is 0 Å². The second-order valence-electron chi connectivity index (χ2n) is 5.06. The Bertz CT molecular complexity index is 510. The van der Waals surface area contributed by atoms with Crippen LogP contribution < -0.4 is 10.5 Å². The monoisotopic (exact) mass is 260 g/mol. The zero-order chi connectivity index (χ0) is 13.8. The average molecular weight is 260 g/mol. The van der Waals surface area contributed by atoms with Gasteiger partial charge < -0.3 is 15.0 Å². The van der Waals surface area contributed by atoms with E-state index in [0.717, 1.165) is 28.9 Å². The van der Waals surface area contributed by atoms with Crippen molar-refractivity contribution in [2.24, 2.45) is 5.73 Å². The number of ether oxygens (including phenoxy) is 1. The summed E-state index contributed by atoms with van der Waals surface area (Å²) in [4.78, 5) is 0. The van der Waals surface area contributed by atoms with Gasteiger partial charge in [-0.15, -0.1) is 0 Å². The molecular weight excluding hydrogens is 240 g/mol. The highest BCUT2D eigenvalue weighted by Gasteiger charge is 2.08. The molecule has 0 spiro atoms. The molecule has 2 N–H and O–H groups in total. The molecule has 4 nitrogen and oxygen atoms in total. The van der Waals surface area contributed by atoms with Crippen molar-refractivity contribution in [1.29, 1.82) is 0 Å². The summed E-state index contributed by atoms with van der Waals surface area (Å²) in [6, 6.07) is 4.45. The molecule has 0 radical (unpaired) electrons. The Morgan fingerprint density at radius 3 is 2.47 bits per heavy atom. The minimum Gasteiger partial charge on any atom is -0.488 e. The predicted molar refractivity (Wildman–Crippen MR) is 74.1 cm³/mol. The summed E-state index contributed by atoms with van der Waals surface area (Å²) in [6.45, 7) is 6.60. The topological polar surface area (TPSA) is 61.3 Å². The number of hydrogen-bond donors (Lipinski definition) is 1. The van der Waals surface area contributed by atoms with Crippen LogP contribution in [0.4, 0.5) is 0 Å². The number of aromatic nitrogens is 1. The Labute approximate surface area is 113 Å². The fourth-order valence-corrected chi connectivity index (χ4v) is 2.21. The van der Waals surface area contributed by atoms with Crippen LogP contribution in [0, 0.1) is 13.8 Å². The van der Waals surface area contributed by atoms with Crippen LogP contribution in [0.2, 0.25) is 0 Å². The summed E-state index contributed by atoms with van der Waals surface area (Å²) >= 11 is 0. The first kappa shape index (κ1) is 13.6. The van der Waals surface area contributed by atoms with Crippen molar-refractivity contribution in [3.63, 3.8) is 0 Å². The fourth-order valence-electron chi connectivity index (χ4n) is 2.21. The standard InChI is InChI=1S/C15H20N2O2/c1-10-4-13(6-12(3)16)5-11(2)15(10)18-8-14-7-17-19-9-14/h4-5,7,9,12H,6,8,16H2,1-3H3. The number of nitrogens with zero attached hydrogens (tertiary/aromatic N) is 1. The fraction of sp³-hybridized carbons (Fsp3) is 0.400. The van der Waals surface area contributed by atoms with Gasteiger partial charge in [0.25, 0.3) is 0 Å². The number of hydrogen-bond acceptors (Lipinski definition) is 4. The van der Waals surface area contributed by atoms with Crippen LogP contribution in [0.5, 0.6) is 5.75 Å². The third-order valence-corrected chi connectivity index (χ3v) is 2.94. The van der Waals surface area contributed by atoms with Gasteiger partial charge in [-0.1, -0.05) is 17.3 Å². The van der Waals surface area contributed by atoms with E-state index in [1.807, 2.05) is 6.92 Å². The number of rotatable bonds is 5. The normalized spacial score (nSPS) is 12.4. The lowest BCUT2D eigenvalue weighted by Gasteiger charge is -2.14. The summed E-state index contributed by atoms with van der Waals surface area (Å²) in [5.74, 6) is 0.926. The Kier molecular flexibility index (Phi) is 4.22. The first-order valence-electron chi connectivity index (χ1n) is 6.43. The van der Waals surface area contributed by atoms with Crippen molar-refractivity contribution >= 4 is 0 Å². The maximum atomic E-state index is 5.84. The lowest BCUT2D eigenvalue weighted by Crippen LogP contribution is -2.18. The second kappa shape index (κ2) is 5.89. The smallest absolute Gasteiger partial charge is 0.130 e. The second-order valence-corrected chi connectivity index (χ2v) is 5.06. The van der Waals surface area contributed by atoms with E-state index in [-0.39, 0.29) is 6.04 Å². The molecule has 1 aromatic heterocycles. The molecule has 0 saturated carbocycles. The van der Waals surface area contributed by atoms with Crippen molar-refractivity contribution in [3.8, 4) is 5.75 Å². The van der Waals surface area contributed by atoms with Gasteiger partial charge >= 0.3 is 0 Å². The number of nitrogens with two attached hydrogens (primary N) is 1. The Hall–Kier alpha value is -1.81. The van der Waals surface area contributed by atoms with E-state index >= 15 is 0 Å². The highest BCUT2D eigenvalue weighted by molar-refractivity contribution is 5.43. The molecule has 2 rings (SSSR count). The summed E-state index contributed by atoms with van der Waals surface area (Å²) < 4.78 is 10.6. The molecule has 0 amide bonds. The molecule has 2 aromatic rings. The Balaban J connectivity index is 2.12. The molecular formula is C15H20N2O2. The maximum absolute atomic E-state index is 5.84. The van der Waals surface area contributed by atoms with Crippen LogP contribution >= 0.6 is 0 Å². The van der Waals surface area contributed by atoms with Gasteiger partial charge in [-0.3, -0.25) is 0 Å². The van der Waals surface area contributed by atoms with Gasteiger partial charge in [0.05, 0.1) is 6.20 Å². The van der Waals surface area contributed by atoms with E-state index in [2.05, 4.69) is 31.1 Å². The van der Waals surface area contributed by atoms with Crippen molar-refractivity contribution in [2.45, 2.75) is 39.8 Å². The highest BCUT2D eigenvalue weighted by Crippen LogP contribution is 2.26. The molecule has 0 aliphatic carbocycles. The van der Waals surface area contributed by atoms with E-state index in [1.54, 1.807) is 12.5 Å². The zero-order valence-corrected chi connectivity index (χ0v) is 11.6. The quantitative estimate of drug-likeness (QED) is 0.898. The van der Waals surface area contributed by atoms with Gasteiger partial charge in [-0.05, 0) is 43.9 Å². The SMILES string of the molecule is Cc1cc(CC(C)N)cc(C)c1OCc1cnoc1. The van der Waals surface area contributed by atoms with Gasteiger partial charge in [-0.25, -0.2) is 0 Å². The average Bonchev–Trinajstić information content (AvgIpc) is 2.79. The van der Waals surface area contributed by atoms with Gasteiger partial charge in [-0.2, -0.15) is 0 Å². The van der Waals surface area contributed by atoms with Crippen molar-refractivity contribution < 1.29 is 9.26 Å². The first-order valence-corrected chi connectivity index (χ1v) is 6.43. The molecule has 1 atom stereocenters. The lowest BCUT2D eigenvalue weighted by atomic mass is 10.0. The molecule has 1 heterocycles. The molecule has 0 aliphatic rings. The third kappa shape index (κ3) is 3.58. The van der Waals surface area contributed by atoms with Crippen LogP contribution in [0.3, 0.4) is 0 Å². The summed E-state index contributed by atoms with van der Waals surface area (Å²) in [6.07, 6.45) is 4.14. The van der Waals surface area contributed by atoms with E-state index in [9.17, 15) is 0 Å². The van der Waals surface area contributed by atoms with Crippen LogP contribution in [0.15, 0.2) is 29.1 Å². The van der Waals surface area contributed by atoms with Crippen molar-refractivity contribution in [1.82, 2.24) is 5.16 Å². The molecule has 0 saturated heterocycles. The molecule has 4 heteroatoms. The predicted octanol–water partition coefficient (Wildman–Crippen LogP) is 2.76.